The summed E-state index contributed by atoms with van der Waals surface area (Å²) < 4.78 is 0. The Morgan fingerprint density at radius 3 is 2.75 bits per heavy atom. The minimum atomic E-state index is -0.0633. The lowest BCUT2D eigenvalue weighted by Crippen LogP contribution is -2.07. The van der Waals surface area contributed by atoms with Gasteiger partial charge in [0.15, 0.2) is 5.12 Å². The molecular weight excluding hydrogens is 188 g/mol. The van der Waals surface area contributed by atoms with Crippen molar-refractivity contribution in [3.63, 3.8) is 0 Å². The van der Waals surface area contributed by atoms with E-state index >= 15 is 0 Å². The molecule has 0 amide bonds. The number of thiocarbonyl (C=S) groups is 1. The first-order chi connectivity index (χ1) is 5.72. The summed E-state index contributed by atoms with van der Waals surface area (Å²) in [5, 5.41) is 1.75. The van der Waals surface area contributed by atoms with Gasteiger partial charge in [0.05, 0.1) is 5.92 Å². The van der Waals surface area contributed by atoms with Crippen LogP contribution in [-0.2, 0) is 4.79 Å². The lowest BCUT2D eigenvalue weighted by atomic mass is 10.3. The van der Waals surface area contributed by atoms with Crippen molar-refractivity contribution in [2.75, 3.05) is 5.75 Å². The summed E-state index contributed by atoms with van der Waals surface area (Å²) in [6, 6.07) is 0. The zero-order valence-electron chi connectivity index (χ0n) is 7.71. The van der Waals surface area contributed by atoms with Crippen LogP contribution in [0.25, 0.3) is 0 Å². The lowest BCUT2D eigenvalue weighted by Gasteiger charge is -2.02. The van der Waals surface area contributed by atoms with Crippen LogP contribution in [0.5, 0.6) is 0 Å². The van der Waals surface area contributed by atoms with Gasteiger partial charge in [-0.1, -0.05) is 50.7 Å². The van der Waals surface area contributed by atoms with E-state index in [0.29, 0.717) is 0 Å². The Morgan fingerprint density at radius 1 is 1.58 bits per heavy atom. The molecule has 0 aromatic carbocycles. The molecule has 1 unspecified atom stereocenters. The highest BCUT2D eigenvalue weighted by Gasteiger charge is 2.08. The second-order valence-corrected chi connectivity index (χ2v) is 4.17. The van der Waals surface area contributed by atoms with E-state index in [0.717, 1.165) is 12.2 Å². The molecule has 0 saturated carbocycles. The highest BCUT2D eigenvalue weighted by atomic mass is 32.2. The summed E-state index contributed by atoms with van der Waals surface area (Å²) in [7, 11) is 0. The van der Waals surface area contributed by atoms with Gasteiger partial charge in [-0.25, -0.2) is 0 Å². The summed E-state index contributed by atoms with van der Waals surface area (Å²) in [6.45, 7) is 4.01. The molecule has 0 aromatic rings. The van der Waals surface area contributed by atoms with Gasteiger partial charge in [0.1, 0.15) is 0 Å². The molecule has 0 fully saturated rings. The highest BCUT2D eigenvalue weighted by molar-refractivity contribution is 8.13. The number of carbonyl (C=O) groups is 1. The van der Waals surface area contributed by atoms with E-state index in [1.165, 1.54) is 30.0 Å². The summed E-state index contributed by atoms with van der Waals surface area (Å²) in [5.74, 6) is 0.881. The molecule has 1 atom stereocenters. The summed E-state index contributed by atoms with van der Waals surface area (Å²) in [4.78, 5) is 11.2. The van der Waals surface area contributed by atoms with Crippen LogP contribution in [0.3, 0.4) is 0 Å². The fraction of sp³-hybridized carbons (Fsp3) is 0.778. The maximum atomic E-state index is 11.2. The molecule has 0 spiro atoms. The summed E-state index contributed by atoms with van der Waals surface area (Å²) in [6.07, 6.45) is 3.56. The third-order valence-corrected chi connectivity index (χ3v) is 3.13. The quantitative estimate of drug-likeness (QED) is 0.489. The van der Waals surface area contributed by atoms with Crippen molar-refractivity contribution >= 4 is 34.5 Å². The Balaban J connectivity index is 3.37. The number of rotatable bonds is 6. The molecule has 0 aliphatic carbocycles. The molecule has 3 heteroatoms. The Labute approximate surface area is 84.3 Å². The maximum absolute atomic E-state index is 11.2. The second kappa shape index (κ2) is 7.74. The molecule has 0 rings (SSSR count). The third-order valence-electron chi connectivity index (χ3n) is 1.57. The predicted octanol–water partition coefficient (Wildman–Crippen LogP) is 3.07. The summed E-state index contributed by atoms with van der Waals surface area (Å²) >= 11 is 6.11. The average molecular weight is 204 g/mol. The van der Waals surface area contributed by atoms with Crippen LogP contribution in [-0.4, -0.2) is 16.2 Å². The van der Waals surface area contributed by atoms with Gasteiger partial charge in [-0.3, -0.25) is 4.79 Å². The Morgan fingerprint density at radius 2 is 2.25 bits per heavy atom. The Bertz CT molecular complexity index is 145. The molecule has 0 aliphatic heterocycles. The van der Waals surface area contributed by atoms with E-state index in [9.17, 15) is 4.79 Å². The van der Waals surface area contributed by atoms with E-state index < -0.39 is 0 Å². The van der Waals surface area contributed by atoms with Gasteiger partial charge >= 0.3 is 0 Å². The SMILES string of the molecule is CCCCCSC(=O)C(C)C=S. The number of carbonyl (C=O) groups excluding carboxylic acids is 1. The van der Waals surface area contributed by atoms with Crippen LogP contribution in [0, 0.1) is 5.92 Å². The zero-order valence-corrected chi connectivity index (χ0v) is 9.34. The zero-order chi connectivity index (χ0) is 9.40. The maximum Gasteiger partial charge on any atom is 0.196 e. The molecule has 0 N–H and O–H groups in total. The van der Waals surface area contributed by atoms with Crippen molar-refractivity contribution in [3.05, 3.63) is 0 Å². The first kappa shape index (κ1) is 12.1. The number of thioether (sulfide) groups is 1. The van der Waals surface area contributed by atoms with Gasteiger partial charge in [0.25, 0.3) is 0 Å². The Hall–Kier alpha value is 0.110. The van der Waals surface area contributed by atoms with Gasteiger partial charge in [-0.2, -0.15) is 0 Å². The minimum absolute atomic E-state index is 0.0633. The normalized spacial score (nSPS) is 12.5. The van der Waals surface area contributed by atoms with E-state index in [1.807, 2.05) is 6.92 Å². The van der Waals surface area contributed by atoms with E-state index in [2.05, 4.69) is 6.92 Å². The first-order valence-corrected chi connectivity index (χ1v) is 5.80. The van der Waals surface area contributed by atoms with Crippen LogP contribution in [0.1, 0.15) is 33.1 Å². The van der Waals surface area contributed by atoms with Crippen LogP contribution in [0.15, 0.2) is 0 Å². The average Bonchev–Trinajstić information content (AvgIpc) is 2.10. The van der Waals surface area contributed by atoms with Crippen LogP contribution in [0.4, 0.5) is 0 Å². The number of hydrogen-bond donors (Lipinski definition) is 0. The highest BCUT2D eigenvalue weighted by Crippen LogP contribution is 2.12. The second-order valence-electron chi connectivity index (χ2n) is 2.80. The molecule has 12 heavy (non-hydrogen) atoms. The van der Waals surface area contributed by atoms with Gasteiger partial charge < -0.3 is 0 Å². The van der Waals surface area contributed by atoms with Crippen molar-refractivity contribution in [1.29, 1.82) is 0 Å². The van der Waals surface area contributed by atoms with Crippen molar-refractivity contribution in [2.45, 2.75) is 33.1 Å². The van der Waals surface area contributed by atoms with Gasteiger partial charge in [0, 0.05) is 5.75 Å². The van der Waals surface area contributed by atoms with Crippen molar-refractivity contribution in [3.8, 4) is 0 Å². The van der Waals surface area contributed by atoms with Gasteiger partial charge in [0.2, 0.25) is 0 Å². The first-order valence-electron chi connectivity index (χ1n) is 4.34. The standard InChI is InChI=1S/C9H16OS2/c1-3-4-5-6-12-9(10)8(2)7-11/h7-8H,3-6H2,1-2H3. The number of unbranched alkanes of at least 4 members (excludes halogenated alkanes) is 2. The largest absolute Gasteiger partial charge is 0.287 e. The molecule has 0 saturated heterocycles. The molecule has 1 nitrogen and oxygen atoms in total. The van der Waals surface area contributed by atoms with E-state index in [-0.39, 0.29) is 11.0 Å². The lowest BCUT2D eigenvalue weighted by molar-refractivity contribution is -0.112. The monoisotopic (exact) mass is 204 g/mol. The molecular formula is C9H16OS2. The summed E-state index contributed by atoms with van der Waals surface area (Å²) in [5.41, 5.74) is 0. The fourth-order valence-electron chi connectivity index (χ4n) is 0.712. The van der Waals surface area contributed by atoms with Crippen LogP contribution in [0.2, 0.25) is 0 Å². The van der Waals surface area contributed by atoms with Crippen molar-refractivity contribution in [2.24, 2.45) is 5.92 Å². The number of hydrogen-bond acceptors (Lipinski definition) is 3. The molecule has 0 radical (unpaired) electrons. The van der Waals surface area contributed by atoms with Crippen LogP contribution >= 0.6 is 24.0 Å². The van der Waals surface area contributed by atoms with E-state index in [4.69, 9.17) is 12.2 Å². The van der Waals surface area contributed by atoms with Gasteiger partial charge in [-0.05, 0) is 11.8 Å². The minimum Gasteiger partial charge on any atom is -0.287 e. The Kier molecular flexibility index (Phi) is 7.81. The molecule has 70 valence electrons. The van der Waals surface area contributed by atoms with Crippen molar-refractivity contribution in [1.82, 2.24) is 0 Å². The molecule has 0 aliphatic rings. The topological polar surface area (TPSA) is 17.1 Å². The smallest absolute Gasteiger partial charge is 0.196 e. The van der Waals surface area contributed by atoms with Crippen molar-refractivity contribution < 1.29 is 4.79 Å². The van der Waals surface area contributed by atoms with Gasteiger partial charge in [-0.15, -0.1) is 0 Å². The predicted molar refractivity (Wildman–Crippen MR) is 59.8 cm³/mol. The molecule has 0 heterocycles. The van der Waals surface area contributed by atoms with Crippen LogP contribution < -0.4 is 0 Å². The third kappa shape index (κ3) is 5.72. The molecule has 0 aromatic heterocycles. The molecule has 0 bridgehead atoms. The van der Waals surface area contributed by atoms with E-state index in [1.54, 1.807) is 0 Å². The fourth-order valence-corrected chi connectivity index (χ4v) is 1.80.